The topological polar surface area (TPSA) is 73.6 Å². The Morgan fingerprint density at radius 3 is 2.68 bits per heavy atom. The number of ether oxygens (including phenoxy) is 2. The summed E-state index contributed by atoms with van der Waals surface area (Å²) in [7, 11) is 0. The molecule has 5 nitrogen and oxygen atoms in total. The van der Waals surface area contributed by atoms with E-state index in [1.807, 2.05) is 38.1 Å². The Kier molecular flexibility index (Phi) is 3.87. The molecular weight excluding hydrogens is 280 g/mol. The number of rotatable bonds is 2. The average Bonchev–Trinajstić information content (AvgIpc) is 2.47. The van der Waals surface area contributed by atoms with Gasteiger partial charge in [0, 0.05) is 25.2 Å². The summed E-state index contributed by atoms with van der Waals surface area (Å²) in [5, 5.41) is 3.14. The molecule has 0 saturated carbocycles. The summed E-state index contributed by atoms with van der Waals surface area (Å²) in [5.41, 5.74) is 6.16. The number of para-hydroxylation sites is 1. The highest BCUT2D eigenvalue weighted by molar-refractivity contribution is 5.86. The molecule has 2 aliphatic rings. The second-order valence-electron chi connectivity index (χ2n) is 6.90. The molecule has 1 fully saturated rings. The van der Waals surface area contributed by atoms with E-state index in [2.05, 4.69) is 5.32 Å². The molecule has 120 valence electrons. The summed E-state index contributed by atoms with van der Waals surface area (Å²) in [6.45, 7) is 5.16. The van der Waals surface area contributed by atoms with Crippen LogP contribution in [0.3, 0.4) is 0 Å². The molecule has 0 aromatic heterocycles. The van der Waals surface area contributed by atoms with Crippen molar-refractivity contribution in [2.24, 2.45) is 5.73 Å². The van der Waals surface area contributed by atoms with E-state index in [-0.39, 0.29) is 17.6 Å². The third-order valence-electron chi connectivity index (χ3n) is 4.52. The molecule has 3 N–H and O–H groups in total. The van der Waals surface area contributed by atoms with Gasteiger partial charge in [-0.15, -0.1) is 0 Å². The first kappa shape index (κ1) is 15.3. The Bertz CT molecular complexity index is 565. The highest BCUT2D eigenvalue weighted by Gasteiger charge is 2.40. The summed E-state index contributed by atoms with van der Waals surface area (Å²) in [6, 6.07) is 7.79. The van der Waals surface area contributed by atoms with Crippen LogP contribution in [-0.4, -0.2) is 30.3 Å². The van der Waals surface area contributed by atoms with Crippen molar-refractivity contribution in [3.63, 3.8) is 0 Å². The summed E-state index contributed by atoms with van der Waals surface area (Å²) in [5.74, 6) is 0.746. The number of carbonyl (C=O) groups excluding carboxylic acids is 1. The second kappa shape index (κ2) is 5.56. The largest absolute Gasteiger partial charge is 0.487 e. The van der Waals surface area contributed by atoms with E-state index in [4.69, 9.17) is 15.2 Å². The molecule has 0 radical (unpaired) electrons. The number of nitrogens with one attached hydrogen (secondary N) is 1. The van der Waals surface area contributed by atoms with Gasteiger partial charge in [-0.05, 0) is 32.8 Å². The van der Waals surface area contributed by atoms with E-state index in [1.54, 1.807) is 0 Å². The Morgan fingerprint density at radius 1 is 1.27 bits per heavy atom. The molecule has 3 rings (SSSR count). The fourth-order valence-electron chi connectivity index (χ4n) is 3.20. The zero-order valence-electron chi connectivity index (χ0n) is 13.2. The highest BCUT2D eigenvalue weighted by Crippen LogP contribution is 2.39. The first-order chi connectivity index (χ1) is 10.4. The fourth-order valence-corrected chi connectivity index (χ4v) is 3.20. The average molecular weight is 304 g/mol. The molecule has 1 saturated heterocycles. The van der Waals surface area contributed by atoms with Gasteiger partial charge in [-0.3, -0.25) is 4.79 Å². The number of hydrogen-bond donors (Lipinski definition) is 2. The Balaban J connectivity index is 1.81. The van der Waals surface area contributed by atoms with Gasteiger partial charge < -0.3 is 20.5 Å². The van der Waals surface area contributed by atoms with Crippen LogP contribution in [0.15, 0.2) is 24.3 Å². The van der Waals surface area contributed by atoms with E-state index in [0.717, 1.165) is 17.7 Å². The van der Waals surface area contributed by atoms with Crippen LogP contribution < -0.4 is 15.8 Å². The number of nitrogens with two attached hydrogens (primary N) is 1. The van der Waals surface area contributed by atoms with Crippen molar-refractivity contribution in [3.8, 4) is 5.75 Å². The lowest BCUT2D eigenvalue weighted by atomic mass is 9.86. The lowest BCUT2D eigenvalue weighted by Gasteiger charge is -2.40. The molecule has 1 aromatic carbocycles. The van der Waals surface area contributed by atoms with Gasteiger partial charge in [-0.25, -0.2) is 0 Å². The van der Waals surface area contributed by atoms with Crippen molar-refractivity contribution in [2.45, 2.75) is 50.3 Å². The Hall–Kier alpha value is -1.59. The fraction of sp³-hybridized carbons (Fsp3) is 0.588. The normalized spacial score (nSPS) is 25.7. The predicted octanol–water partition coefficient (Wildman–Crippen LogP) is 1.91. The van der Waals surface area contributed by atoms with Crippen molar-refractivity contribution < 1.29 is 14.3 Å². The van der Waals surface area contributed by atoms with Gasteiger partial charge >= 0.3 is 0 Å². The van der Waals surface area contributed by atoms with E-state index < -0.39 is 5.54 Å². The van der Waals surface area contributed by atoms with Gasteiger partial charge in [0.2, 0.25) is 5.91 Å². The van der Waals surface area contributed by atoms with Gasteiger partial charge in [0.25, 0.3) is 0 Å². The van der Waals surface area contributed by atoms with Crippen LogP contribution in [0.1, 0.15) is 44.7 Å². The van der Waals surface area contributed by atoms with Crippen LogP contribution in [0.25, 0.3) is 0 Å². The second-order valence-corrected chi connectivity index (χ2v) is 6.90. The Morgan fingerprint density at radius 2 is 1.95 bits per heavy atom. The maximum Gasteiger partial charge on any atom is 0.240 e. The molecule has 1 atom stereocenters. The van der Waals surface area contributed by atoms with Gasteiger partial charge in [0.1, 0.15) is 11.4 Å². The molecule has 1 aromatic rings. The standard InChI is InChI=1S/C17H24N2O3/c1-16(2)11-13(12-5-3-4-6-14(12)22-16)19-15(20)17(18)7-9-21-10-8-17/h3-6,13H,7-11,18H2,1-2H3,(H,19,20). The van der Waals surface area contributed by atoms with Gasteiger partial charge in [0.05, 0.1) is 11.6 Å². The quantitative estimate of drug-likeness (QED) is 0.875. The van der Waals surface area contributed by atoms with Crippen molar-refractivity contribution in [3.05, 3.63) is 29.8 Å². The van der Waals surface area contributed by atoms with Gasteiger partial charge in [0.15, 0.2) is 0 Å². The molecule has 2 aliphatic heterocycles. The molecule has 1 amide bonds. The molecule has 1 unspecified atom stereocenters. The summed E-state index contributed by atoms with van der Waals surface area (Å²) in [6.07, 6.45) is 1.85. The molecular formula is C17H24N2O3. The van der Waals surface area contributed by atoms with Crippen LogP contribution in [0, 0.1) is 0 Å². The molecule has 0 bridgehead atoms. The zero-order chi connectivity index (χ0) is 15.8. The molecule has 5 heteroatoms. The number of hydrogen-bond acceptors (Lipinski definition) is 4. The molecule has 0 spiro atoms. The third kappa shape index (κ3) is 2.96. The van der Waals surface area contributed by atoms with Crippen molar-refractivity contribution in [1.29, 1.82) is 0 Å². The van der Waals surface area contributed by atoms with Crippen LogP contribution in [-0.2, 0) is 9.53 Å². The summed E-state index contributed by atoms with van der Waals surface area (Å²) >= 11 is 0. The van der Waals surface area contributed by atoms with Gasteiger partial charge in [-0.2, -0.15) is 0 Å². The van der Waals surface area contributed by atoms with Crippen LogP contribution in [0.5, 0.6) is 5.75 Å². The first-order valence-electron chi connectivity index (χ1n) is 7.85. The number of carbonyl (C=O) groups is 1. The minimum atomic E-state index is -0.824. The highest BCUT2D eigenvalue weighted by atomic mass is 16.5. The predicted molar refractivity (Wildman–Crippen MR) is 83.6 cm³/mol. The lowest BCUT2D eigenvalue weighted by molar-refractivity contribution is -0.131. The molecule has 0 aliphatic carbocycles. The first-order valence-corrected chi connectivity index (χ1v) is 7.85. The monoisotopic (exact) mass is 304 g/mol. The third-order valence-corrected chi connectivity index (χ3v) is 4.52. The maximum absolute atomic E-state index is 12.7. The van der Waals surface area contributed by atoms with Gasteiger partial charge in [-0.1, -0.05) is 18.2 Å². The van der Waals surface area contributed by atoms with Crippen molar-refractivity contribution in [2.75, 3.05) is 13.2 Å². The minimum absolute atomic E-state index is 0.0734. The number of fused-ring (bicyclic) bond motifs is 1. The SMILES string of the molecule is CC1(C)CC(NC(=O)C2(N)CCOCC2)c2ccccc2O1. The van der Waals surface area contributed by atoms with E-state index in [9.17, 15) is 4.79 Å². The number of amides is 1. The molecule has 2 heterocycles. The van der Waals surface area contributed by atoms with E-state index >= 15 is 0 Å². The Labute approximate surface area is 131 Å². The summed E-state index contributed by atoms with van der Waals surface area (Å²) in [4.78, 5) is 12.7. The van der Waals surface area contributed by atoms with Crippen LogP contribution >= 0.6 is 0 Å². The number of benzene rings is 1. The van der Waals surface area contributed by atoms with Crippen molar-refractivity contribution in [1.82, 2.24) is 5.32 Å². The van der Waals surface area contributed by atoms with E-state index in [1.165, 1.54) is 0 Å². The smallest absolute Gasteiger partial charge is 0.240 e. The van der Waals surface area contributed by atoms with Crippen molar-refractivity contribution >= 4 is 5.91 Å². The van der Waals surface area contributed by atoms with E-state index in [0.29, 0.717) is 26.1 Å². The summed E-state index contributed by atoms with van der Waals surface area (Å²) < 4.78 is 11.3. The maximum atomic E-state index is 12.7. The zero-order valence-corrected chi connectivity index (χ0v) is 13.2. The minimum Gasteiger partial charge on any atom is -0.487 e. The molecule has 22 heavy (non-hydrogen) atoms. The van der Waals surface area contributed by atoms with Crippen LogP contribution in [0.4, 0.5) is 0 Å². The lowest BCUT2D eigenvalue weighted by Crippen LogP contribution is -2.58. The van der Waals surface area contributed by atoms with Crippen LogP contribution in [0.2, 0.25) is 0 Å².